The van der Waals surface area contributed by atoms with E-state index < -0.39 is 60.4 Å². The minimum Gasteiger partial charge on any atom is -0.481 e. The summed E-state index contributed by atoms with van der Waals surface area (Å²) < 4.78 is 0. The highest BCUT2D eigenvalue weighted by molar-refractivity contribution is 6.43. The van der Waals surface area contributed by atoms with Gasteiger partial charge in [0.2, 0.25) is 17.6 Å². The molecule has 208 valence electrons. The number of benzene rings is 1. The number of carbonyl (C=O) groups is 7. The van der Waals surface area contributed by atoms with Crippen LogP contribution in [0.5, 0.6) is 0 Å². The van der Waals surface area contributed by atoms with Crippen molar-refractivity contribution in [1.29, 1.82) is 0 Å². The van der Waals surface area contributed by atoms with E-state index in [0.29, 0.717) is 0 Å². The quantitative estimate of drug-likeness (QED) is 0.226. The van der Waals surface area contributed by atoms with Crippen molar-refractivity contribution in [3.8, 4) is 0 Å². The molecule has 3 aliphatic rings. The number of carboxylic acids is 1. The molecule has 4 atom stereocenters. The average Bonchev–Trinajstić information content (AvgIpc) is 3.32. The number of carboxylic acid groups (broad SMARTS) is 1. The van der Waals surface area contributed by atoms with Crippen molar-refractivity contribution in [2.45, 2.75) is 31.5 Å². The van der Waals surface area contributed by atoms with Crippen LogP contribution in [0.3, 0.4) is 0 Å². The molecule has 0 fully saturated rings. The number of anilines is 2. The number of nitrogens with one attached hydrogen (secondary N) is 3. The Hall–Kier alpha value is -5.07. The molecule has 1 aliphatic carbocycles. The number of aldehydes is 1. The summed E-state index contributed by atoms with van der Waals surface area (Å²) in [7, 11) is 0. The van der Waals surface area contributed by atoms with Gasteiger partial charge in [0.25, 0.3) is 11.8 Å². The topological polar surface area (TPSA) is 182 Å². The van der Waals surface area contributed by atoms with Crippen LogP contribution in [0.25, 0.3) is 0 Å². The lowest BCUT2D eigenvalue weighted by Crippen LogP contribution is -2.55. The van der Waals surface area contributed by atoms with E-state index in [4.69, 9.17) is 5.11 Å². The molecule has 0 bridgehead atoms. The number of hydrogen-bond donors (Lipinski definition) is 4. The van der Waals surface area contributed by atoms with Crippen molar-refractivity contribution in [3.05, 3.63) is 60.3 Å². The number of allylic oxidation sites excluding steroid dienone is 2. The molecule has 13 heteroatoms. The summed E-state index contributed by atoms with van der Waals surface area (Å²) >= 11 is 0. The fourth-order valence-corrected chi connectivity index (χ4v) is 4.79. The molecule has 2 heterocycles. The predicted molar refractivity (Wildman–Crippen MR) is 141 cm³/mol. The maximum absolute atomic E-state index is 13.7. The molecule has 0 spiro atoms. The first-order valence-electron chi connectivity index (χ1n) is 12.4. The highest BCUT2D eigenvalue weighted by atomic mass is 16.4. The second-order valence-corrected chi connectivity index (χ2v) is 9.39. The molecule has 0 aromatic heterocycles. The Labute approximate surface area is 228 Å². The molecule has 4 rings (SSSR count). The van der Waals surface area contributed by atoms with Gasteiger partial charge in [0, 0.05) is 24.6 Å². The lowest BCUT2D eigenvalue weighted by atomic mass is 9.89. The fraction of sp³-hybridized carbons (Fsp3) is 0.296. The zero-order valence-electron chi connectivity index (χ0n) is 21.4. The second kappa shape index (κ2) is 11.8. The van der Waals surface area contributed by atoms with Crippen LogP contribution in [0.2, 0.25) is 0 Å². The first-order valence-corrected chi connectivity index (χ1v) is 12.4. The van der Waals surface area contributed by atoms with Gasteiger partial charge >= 0.3 is 5.97 Å². The van der Waals surface area contributed by atoms with E-state index in [-0.39, 0.29) is 41.7 Å². The molecule has 4 amide bonds. The molecule has 0 radical (unpaired) electrons. The van der Waals surface area contributed by atoms with Gasteiger partial charge in [-0.15, -0.1) is 0 Å². The number of fused-ring (bicyclic) bond motifs is 2. The normalized spacial score (nSPS) is 21.7. The third kappa shape index (κ3) is 5.82. The molecule has 2 aliphatic heterocycles. The van der Waals surface area contributed by atoms with E-state index in [1.54, 1.807) is 30.4 Å². The van der Waals surface area contributed by atoms with Crippen molar-refractivity contribution in [2.75, 3.05) is 22.9 Å². The Morgan fingerprint density at radius 3 is 2.50 bits per heavy atom. The van der Waals surface area contributed by atoms with Crippen molar-refractivity contribution < 1.29 is 38.7 Å². The highest BCUT2D eigenvalue weighted by Crippen LogP contribution is 2.33. The number of amides is 4. The molecule has 4 N–H and O–H groups in total. The molecule has 0 saturated carbocycles. The first-order chi connectivity index (χ1) is 19.1. The van der Waals surface area contributed by atoms with Crippen LogP contribution in [-0.2, 0) is 33.6 Å². The van der Waals surface area contributed by atoms with E-state index in [2.05, 4.69) is 16.0 Å². The van der Waals surface area contributed by atoms with Crippen molar-refractivity contribution in [2.24, 2.45) is 5.92 Å². The number of aliphatic carboxylic acids is 1. The third-order valence-electron chi connectivity index (χ3n) is 6.68. The van der Waals surface area contributed by atoms with Gasteiger partial charge in [0.05, 0.1) is 36.4 Å². The first kappa shape index (κ1) is 28.0. The Balaban J connectivity index is 1.59. The summed E-state index contributed by atoms with van der Waals surface area (Å²) in [6.07, 6.45) is 8.28. The van der Waals surface area contributed by atoms with Crippen molar-refractivity contribution in [3.63, 3.8) is 0 Å². The Kier molecular flexibility index (Phi) is 8.22. The lowest BCUT2D eigenvalue weighted by molar-refractivity contribution is -0.139. The van der Waals surface area contributed by atoms with E-state index in [1.807, 2.05) is 12.2 Å². The van der Waals surface area contributed by atoms with Crippen LogP contribution in [-0.4, -0.2) is 78.0 Å². The maximum atomic E-state index is 13.7. The smallest absolute Gasteiger partial charge is 0.305 e. The summed E-state index contributed by atoms with van der Waals surface area (Å²) in [6, 6.07) is 3.35. The maximum Gasteiger partial charge on any atom is 0.305 e. The van der Waals surface area contributed by atoms with E-state index in [9.17, 15) is 33.6 Å². The summed E-state index contributed by atoms with van der Waals surface area (Å²) in [5.41, 5.74) is 0.665. The van der Waals surface area contributed by atoms with Crippen LogP contribution < -0.4 is 25.8 Å². The van der Waals surface area contributed by atoms with Crippen molar-refractivity contribution >= 4 is 53.0 Å². The number of hydrogen-bond acceptors (Lipinski definition) is 8. The van der Waals surface area contributed by atoms with E-state index in [1.165, 1.54) is 24.1 Å². The Bertz CT molecular complexity index is 1370. The van der Waals surface area contributed by atoms with Crippen LogP contribution in [0.1, 0.15) is 13.3 Å². The minimum atomic E-state index is -1.41. The number of para-hydroxylation sites is 2. The van der Waals surface area contributed by atoms with Gasteiger partial charge in [-0.2, -0.15) is 0 Å². The van der Waals surface area contributed by atoms with Gasteiger partial charge in [-0.1, -0.05) is 36.4 Å². The van der Waals surface area contributed by atoms with Gasteiger partial charge in [-0.05, 0) is 12.1 Å². The minimum absolute atomic E-state index is 0.173. The van der Waals surface area contributed by atoms with E-state index in [0.717, 1.165) is 4.90 Å². The largest absolute Gasteiger partial charge is 0.481 e. The van der Waals surface area contributed by atoms with Gasteiger partial charge in [0.15, 0.2) is 0 Å². The summed E-state index contributed by atoms with van der Waals surface area (Å²) in [6.45, 7) is 0.304. The zero-order chi connectivity index (χ0) is 29.0. The van der Waals surface area contributed by atoms with Crippen molar-refractivity contribution in [1.82, 2.24) is 16.0 Å². The lowest BCUT2D eigenvalue weighted by Gasteiger charge is -2.25. The zero-order valence-corrected chi connectivity index (χ0v) is 21.4. The van der Waals surface area contributed by atoms with E-state index >= 15 is 0 Å². The van der Waals surface area contributed by atoms with Gasteiger partial charge < -0.3 is 30.8 Å². The molecule has 0 saturated heterocycles. The SMILES string of the molecule is CC(=O)N1C[C@H](NC(=O)C(=O)C2=CNC3C=CC=CC23)C(=O)N(CC(=O)N[C@H](C=O)CC(=O)O)c2ccccc21. The second-order valence-electron chi connectivity index (χ2n) is 9.39. The van der Waals surface area contributed by atoms with Crippen LogP contribution >= 0.6 is 0 Å². The summed E-state index contributed by atoms with van der Waals surface area (Å²) in [5.74, 6) is -5.66. The number of ketones is 1. The highest BCUT2D eigenvalue weighted by Gasteiger charge is 2.40. The van der Waals surface area contributed by atoms with Crippen LogP contribution in [0, 0.1) is 5.92 Å². The molecular formula is C27H27N5O8. The standard InChI is InChI=1S/C27H27N5O8/c1-15(34)31-12-20(30-26(39)25(38)18-11-28-19-7-3-2-6-17(18)19)27(40)32(22-9-5-4-8-21(22)31)13-23(35)29-16(14-33)10-24(36)37/h2-9,11,14,16-17,19-20,28H,10,12-13H2,1H3,(H,29,35)(H,30,39)(H,36,37)/t16-,17?,19?,20-/m0/s1. The fourth-order valence-electron chi connectivity index (χ4n) is 4.79. The predicted octanol–water partition coefficient (Wildman–Crippen LogP) is -0.804. The Morgan fingerprint density at radius 1 is 1.12 bits per heavy atom. The molecule has 13 nitrogen and oxygen atoms in total. The number of rotatable bonds is 9. The average molecular weight is 550 g/mol. The summed E-state index contributed by atoms with van der Waals surface area (Å²) in [5, 5.41) is 16.7. The van der Waals surface area contributed by atoms with Gasteiger partial charge in [-0.3, -0.25) is 33.7 Å². The molecule has 40 heavy (non-hydrogen) atoms. The third-order valence-corrected chi connectivity index (χ3v) is 6.68. The van der Waals surface area contributed by atoms with Gasteiger partial charge in [-0.25, -0.2) is 0 Å². The molecule has 1 aromatic rings. The number of Topliss-reactive ketones (excluding diaryl/α,β-unsaturated/α-hetero) is 1. The van der Waals surface area contributed by atoms with Crippen LogP contribution in [0.15, 0.2) is 60.3 Å². The summed E-state index contributed by atoms with van der Waals surface area (Å²) in [4.78, 5) is 89.7. The molecule has 2 unspecified atom stereocenters. The van der Waals surface area contributed by atoms with Crippen LogP contribution in [0.4, 0.5) is 11.4 Å². The number of nitrogens with zero attached hydrogens (tertiary/aromatic N) is 2. The molecule has 1 aromatic carbocycles. The Morgan fingerprint density at radius 2 is 1.82 bits per heavy atom. The van der Waals surface area contributed by atoms with Gasteiger partial charge in [0.1, 0.15) is 18.9 Å². The molecular weight excluding hydrogens is 522 g/mol. The monoisotopic (exact) mass is 549 g/mol. The number of carbonyl (C=O) groups excluding carboxylic acids is 6.